The van der Waals surface area contributed by atoms with Crippen LogP contribution in [-0.4, -0.2) is 51.1 Å². The van der Waals surface area contributed by atoms with Crippen LogP contribution in [0.25, 0.3) is 10.2 Å². The summed E-state index contributed by atoms with van der Waals surface area (Å²) in [5.41, 5.74) is 9.14. The fraction of sp³-hybridized carbons (Fsp3) is 0.364. The number of hydrogen-bond acceptors (Lipinski definition) is 9. The lowest BCUT2D eigenvalue weighted by atomic mass is 9.77. The standard InChI is InChI=1S/C17H15F2N3O3S.C9H8FNO2.C7H14O/c1-8-7-9(25-16(18)19)3-4-10(8)21-15(23)13-12(24-2)6-5-11-14(13)26-17(20)22-11;10-9-3-6-1-2-7(11-5-12)4-8(6)13-9;1-6-3-7(4-6)5-8-2/h3-7,16H,1-2H3,(H2,20,22)(H,21,23);1-2,4-5,9H,3H2,(H,11,12);6-7H,3-5H2,1-2H3. The number of fused-ring (bicyclic) bond motifs is 2. The van der Waals surface area contributed by atoms with Crippen molar-refractivity contribution in [2.24, 2.45) is 11.8 Å². The number of ether oxygens (including phenoxy) is 4. The van der Waals surface area contributed by atoms with E-state index in [1.165, 1.54) is 49.5 Å². The number of hydrogen-bond donors (Lipinski definition) is 3. The lowest BCUT2D eigenvalue weighted by Crippen LogP contribution is -2.24. The Morgan fingerprint density at radius 1 is 1.17 bits per heavy atom. The average Bonchev–Trinajstić information content (AvgIpc) is 3.58. The van der Waals surface area contributed by atoms with Crippen molar-refractivity contribution < 1.29 is 41.7 Å². The zero-order valence-corrected chi connectivity index (χ0v) is 27.2. The Morgan fingerprint density at radius 3 is 2.57 bits per heavy atom. The molecule has 252 valence electrons. The van der Waals surface area contributed by atoms with Crippen LogP contribution in [-0.2, 0) is 16.0 Å². The number of amides is 2. The molecule has 1 aliphatic carbocycles. The third-order valence-electron chi connectivity index (χ3n) is 7.46. The fourth-order valence-corrected chi connectivity index (χ4v) is 6.16. The number of carbonyl (C=O) groups excluding carboxylic acids is 2. The SMILES string of the molecule is COCC1CC(C)C1.COc1ccc2nc(N)sc2c1C(=O)Nc1ccc(OC(F)F)cc1C.O=CNc1ccc2c(c1)OC(F)C2. The van der Waals surface area contributed by atoms with Gasteiger partial charge >= 0.3 is 6.61 Å². The maximum atomic E-state index is 12.8. The van der Waals surface area contributed by atoms with Crippen LogP contribution < -0.4 is 30.6 Å². The van der Waals surface area contributed by atoms with E-state index in [1.807, 2.05) is 0 Å². The predicted molar refractivity (Wildman–Crippen MR) is 175 cm³/mol. The van der Waals surface area contributed by atoms with Gasteiger partial charge < -0.3 is 35.3 Å². The first-order valence-electron chi connectivity index (χ1n) is 14.7. The van der Waals surface area contributed by atoms with Crippen molar-refractivity contribution in [1.82, 2.24) is 4.98 Å². The minimum absolute atomic E-state index is 0.0189. The molecule has 1 fully saturated rings. The van der Waals surface area contributed by atoms with Crippen molar-refractivity contribution in [1.29, 1.82) is 0 Å². The summed E-state index contributed by atoms with van der Waals surface area (Å²) in [7, 11) is 3.24. The summed E-state index contributed by atoms with van der Waals surface area (Å²) in [5, 5.41) is 5.57. The Morgan fingerprint density at radius 2 is 1.94 bits per heavy atom. The topological polar surface area (TPSA) is 134 Å². The summed E-state index contributed by atoms with van der Waals surface area (Å²) < 4.78 is 57.4. The maximum Gasteiger partial charge on any atom is 0.387 e. The molecular weight excluding hydrogens is 637 g/mol. The monoisotopic (exact) mass is 674 g/mol. The highest BCUT2D eigenvalue weighted by molar-refractivity contribution is 7.22. The lowest BCUT2D eigenvalue weighted by molar-refractivity contribution is -0.105. The average molecular weight is 675 g/mol. The van der Waals surface area contributed by atoms with E-state index in [-0.39, 0.29) is 12.2 Å². The summed E-state index contributed by atoms with van der Waals surface area (Å²) in [5.74, 6) is 2.35. The van der Waals surface area contributed by atoms with Gasteiger partial charge in [0.25, 0.3) is 5.91 Å². The van der Waals surface area contributed by atoms with E-state index in [0.29, 0.717) is 55.8 Å². The number of nitrogens with one attached hydrogen (secondary N) is 2. The minimum atomic E-state index is -2.91. The van der Waals surface area contributed by atoms with Crippen LogP contribution in [0.2, 0.25) is 0 Å². The number of alkyl halides is 3. The van der Waals surface area contributed by atoms with E-state index in [4.69, 9.17) is 19.9 Å². The van der Waals surface area contributed by atoms with Crippen molar-refractivity contribution in [3.8, 4) is 17.2 Å². The number of rotatable bonds is 9. The molecule has 6 rings (SSSR count). The highest BCUT2D eigenvalue weighted by Crippen LogP contribution is 2.35. The highest BCUT2D eigenvalue weighted by Gasteiger charge is 2.25. The van der Waals surface area contributed by atoms with Gasteiger partial charge in [-0.25, -0.2) is 9.37 Å². The normalized spacial score (nSPS) is 17.6. The second kappa shape index (κ2) is 16.3. The molecule has 0 bridgehead atoms. The first-order valence-corrected chi connectivity index (χ1v) is 15.5. The molecule has 14 heteroatoms. The smallest absolute Gasteiger partial charge is 0.387 e. The summed E-state index contributed by atoms with van der Waals surface area (Å²) in [4.78, 5) is 27.1. The van der Waals surface area contributed by atoms with Gasteiger partial charge in [0.1, 0.15) is 22.8 Å². The summed E-state index contributed by atoms with van der Waals surface area (Å²) in [6, 6.07) is 12.7. The number of aromatic nitrogens is 1. The summed E-state index contributed by atoms with van der Waals surface area (Å²) >= 11 is 1.18. The van der Waals surface area contributed by atoms with Gasteiger partial charge in [-0.3, -0.25) is 9.59 Å². The predicted octanol–water partition coefficient (Wildman–Crippen LogP) is 7.21. The molecule has 0 spiro atoms. The van der Waals surface area contributed by atoms with Gasteiger partial charge in [-0.05, 0) is 73.6 Å². The van der Waals surface area contributed by atoms with Gasteiger partial charge in [-0.15, -0.1) is 0 Å². The van der Waals surface area contributed by atoms with Gasteiger partial charge in [0, 0.05) is 43.1 Å². The molecule has 1 atom stereocenters. The van der Waals surface area contributed by atoms with Crippen molar-refractivity contribution in [3.63, 3.8) is 0 Å². The van der Waals surface area contributed by atoms with Crippen LogP contribution in [0.15, 0.2) is 48.5 Å². The number of benzene rings is 3. The molecule has 1 saturated carbocycles. The van der Waals surface area contributed by atoms with Crippen LogP contribution >= 0.6 is 11.3 Å². The maximum absolute atomic E-state index is 12.8. The minimum Gasteiger partial charge on any atom is -0.496 e. The number of halogens is 3. The Kier molecular flexibility index (Phi) is 12.3. The van der Waals surface area contributed by atoms with Gasteiger partial charge in [0.05, 0.1) is 17.3 Å². The van der Waals surface area contributed by atoms with Gasteiger partial charge in [-0.2, -0.15) is 8.78 Å². The zero-order chi connectivity index (χ0) is 34.1. The van der Waals surface area contributed by atoms with Crippen molar-refractivity contribution in [2.75, 3.05) is 37.2 Å². The van der Waals surface area contributed by atoms with Crippen molar-refractivity contribution >= 4 is 50.4 Å². The second-order valence-electron chi connectivity index (χ2n) is 11.1. The Balaban J connectivity index is 0.000000195. The Labute approximate surface area is 274 Å². The van der Waals surface area contributed by atoms with E-state index in [0.717, 1.165) is 24.0 Å². The highest BCUT2D eigenvalue weighted by atomic mass is 32.1. The molecule has 2 aliphatic rings. The van der Waals surface area contributed by atoms with E-state index in [1.54, 1.807) is 44.4 Å². The second-order valence-corrected chi connectivity index (χ2v) is 12.1. The number of thiazole rings is 1. The summed E-state index contributed by atoms with van der Waals surface area (Å²) in [6.07, 6.45) is 2.38. The van der Waals surface area contributed by atoms with Crippen LogP contribution in [0.1, 0.15) is 41.3 Å². The number of anilines is 3. The van der Waals surface area contributed by atoms with Crippen LogP contribution in [0.4, 0.5) is 29.7 Å². The molecule has 2 amide bonds. The van der Waals surface area contributed by atoms with Gasteiger partial charge in [-0.1, -0.05) is 24.3 Å². The van der Waals surface area contributed by atoms with Crippen molar-refractivity contribution in [3.05, 3.63) is 65.2 Å². The van der Waals surface area contributed by atoms with Crippen molar-refractivity contribution in [2.45, 2.75) is 46.1 Å². The fourth-order valence-electron chi connectivity index (χ4n) is 5.30. The molecule has 10 nitrogen and oxygen atoms in total. The number of nitrogen functional groups attached to an aromatic ring is 1. The van der Waals surface area contributed by atoms with E-state index >= 15 is 0 Å². The van der Waals surface area contributed by atoms with Gasteiger partial charge in [0.2, 0.25) is 12.8 Å². The first kappa shape index (κ1) is 35.3. The molecule has 2 heterocycles. The van der Waals surface area contributed by atoms with E-state index in [9.17, 15) is 22.8 Å². The molecule has 1 aromatic heterocycles. The van der Waals surface area contributed by atoms with Crippen LogP contribution in [0.3, 0.4) is 0 Å². The summed E-state index contributed by atoms with van der Waals surface area (Å²) in [6.45, 7) is 2.04. The Bertz CT molecular complexity index is 1680. The number of aryl methyl sites for hydroxylation is 1. The molecule has 0 radical (unpaired) electrons. The van der Waals surface area contributed by atoms with Crippen LogP contribution in [0.5, 0.6) is 17.2 Å². The third-order valence-corrected chi connectivity index (χ3v) is 8.37. The molecule has 4 N–H and O–H groups in total. The molecule has 47 heavy (non-hydrogen) atoms. The quantitative estimate of drug-likeness (QED) is 0.159. The molecule has 0 saturated heterocycles. The van der Waals surface area contributed by atoms with Gasteiger partial charge in [0.15, 0.2) is 5.13 Å². The zero-order valence-electron chi connectivity index (χ0n) is 26.4. The largest absolute Gasteiger partial charge is 0.496 e. The number of nitrogens with zero attached hydrogens (tertiary/aromatic N) is 1. The van der Waals surface area contributed by atoms with Crippen LogP contribution in [0, 0.1) is 18.8 Å². The number of nitrogens with two attached hydrogens (primary N) is 1. The number of methoxy groups -OCH3 is 2. The number of carbonyl (C=O) groups is 2. The molecule has 1 aliphatic heterocycles. The molecule has 1 unspecified atom stereocenters. The lowest BCUT2D eigenvalue weighted by Gasteiger charge is -2.31. The molecular formula is C33H37F3N4O6S. The Hall–Kier alpha value is -4.56. The molecule has 3 aromatic carbocycles. The first-order chi connectivity index (χ1) is 22.5. The third kappa shape index (κ3) is 9.48. The van der Waals surface area contributed by atoms with E-state index < -0.39 is 18.9 Å². The molecule has 4 aromatic rings. The van der Waals surface area contributed by atoms with E-state index in [2.05, 4.69) is 27.3 Å².